The number of esters is 1. The molecule has 0 bridgehead atoms. The lowest BCUT2D eigenvalue weighted by Gasteiger charge is -2.28. The van der Waals surface area contributed by atoms with Crippen molar-refractivity contribution in [1.82, 2.24) is 5.32 Å². The first-order chi connectivity index (χ1) is 6.27. The van der Waals surface area contributed by atoms with Crippen LogP contribution in [0.15, 0.2) is 0 Å². The second-order valence-electron chi connectivity index (χ2n) is 3.27. The number of rotatable bonds is 3. The SMILES string of the molecule is CCCC1CSCC(C(=O)OC)N1. The maximum Gasteiger partial charge on any atom is 0.323 e. The van der Waals surface area contributed by atoms with Gasteiger partial charge in [0.15, 0.2) is 0 Å². The van der Waals surface area contributed by atoms with Crippen molar-refractivity contribution in [1.29, 1.82) is 0 Å². The van der Waals surface area contributed by atoms with Gasteiger partial charge in [0.2, 0.25) is 0 Å². The molecule has 1 rings (SSSR count). The molecule has 0 aromatic rings. The van der Waals surface area contributed by atoms with Crippen LogP contribution in [0.5, 0.6) is 0 Å². The van der Waals surface area contributed by atoms with E-state index in [1.54, 1.807) is 0 Å². The van der Waals surface area contributed by atoms with E-state index in [-0.39, 0.29) is 12.0 Å². The lowest BCUT2D eigenvalue weighted by atomic mass is 10.1. The van der Waals surface area contributed by atoms with Crippen LogP contribution in [0, 0.1) is 0 Å². The molecule has 3 nitrogen and oxygen atoms in total. The van der Waals surface area contributed by atoms with E-state index in [1.165, 1.54) is 7.11 Å². The summed E-state index contributed by atoms with van der Waals surface area (Å²) in [4.78, 5) is 11.2. The summed E-state index contributed by atoms with van der Waals surface area (Å²) in [5.74, 6) is 1.82. The summed E-state index contributed by atoms with van der Waals surface area (Å²) in [5, 5.41) is 3.31. The molecule has 0 spiro atoms. The third kappa shape index (κ3) is 3.19. The molecule has 0 aromatic carbocycles. The van der Waals surface area contributed by atoms with Crippen molar-refractivity contribution in [3.8, 4) is 0 Å². The summed E-state index contributed by atoms with van der Waals surface area (Å²) in [5.41, 5.74) is 0. The fraction of sp³-hybridized carbons (Fsp3) is 0.889. The Kier molecular flexibility index (Phi) is 4.59. The maximum absolute atomic E-state index is 11.2. The normalized spacial score (nSPS) is 28.5. The van der Waals surface area contributed by atoms with E-state index >= 15 is 0 Å². The zero-order chi connectivity index (χ0) is 9.68. The molecule has 2 atom stereocenters. The molecular weight excluding hydrogens is 186 g/mol. The van der Waals surface area contributed by atoms with Gasteiger partial charge in [0.1, 0.15) is 6.04 Å². The molecule has 1 heterocycles. The van der Waals surface area contributed by atoms with Crippen LogP contribution < -0.4 is 5.32 Å². The van der Waals surface area contributed by atoms with Crippen molar-refractivity contribution in [2.75, 3.05) is 18.6 Å². The molecule has 0 aromatic heterocycles. The predicted molar refractivity (Wildman–Crippen MR) is 55.0 cm³/mol. The fourth-order valence-electron chi connectivity index (χ4n) is 1.50. The van der Waals surface area contributed by atoms with Crippen molar-refractivity contribution in [2.45, 2.75) is 31.8 Å². The molecule has 1 N–H and O–H groups in total. The monoisotopic (exact) mass is 203 g/mol. The molecule has 1 aliphatic rings. The van der Waals surface area contributed by atoms with E-state index in [9.17, 15) is 4.79 Å². The number of thioether (sulfide) groups is 1. The zero-order valence-electron chi connectivity index (χ0n) is 8.21. The van der Waals surface area contributed by atoms with Crippen molar-refractivity contribution in [3.05, 3.63) is 0 Å². The van der Waals surface area contributed by atoms with Gasteiger partial charge >= 0.3 is 5.97 Å². The van der Waals surface area contributed by atoms with Gasteiger partial charge in [0, 0.05) is 17.5 Å². The largest absolute Gasteiger partial charge is 0.468 e. The number of nitrogens with one attached hydrogen (secondary N) is 1. The summed E-state index contributed by atoms with van der Waals surface area (Å²) in [6.07, 6.45) is 2.30. The maximum atomic E-state index is 11.2. The van der Waals surface area contributed by atoms with E-state index in [2.05, 4.69) is 12.2 Å². The highest BCUT2D eigenvalue weighted by molar-refractivity contribution is 7.99. The molecule has 0 radical (unpaired) electrons. The zero-order valence-corrected chi connectivity index (χ0v) is 9.02. The Labute approximate surface area is 83.6 Å². The Morgan fingerprint density at radius 2 is 2.38 bits per heavy atom. The smallest absolute Gasteiger partial charge is 0.323 e. The predicted octanol–water partition coefficient (Wildman–Crippen LogP) is 1.03. The van der Waals surface area contributed by atoms with Gasteiger partial charge in [-0.15, -0.1) is 0 Å². The third-order valence-electron chi connectivity index (χ3n) is 2.16. The third-order valence-corrected chi connectivity index (χ3v) is 3.37. The van der Waals surface area contributed by atoms with Gasteiger partial charge in [-0.25, -0.2) is 0 Å². The standard InChI is InChI=1S/C9H17NO2S/c1-3-4-7-5-13-6-8(10-7)9(11)12-2/h7-8,10H,3-6H2,1-2H3. The molecule has 2 unspecified atom stereocenters. The van der Waals surface area contributed by atoms with E-state index in [1.807, 2.05) is 11.8 Å². The highest BCUT2D eigenvalue weighted by atomic mass is 32.2. The Bertz CT molecular complexity index is 173. The van der Waals surface area contributed by atoms with Gasteiger partial charge in [-0.3, -0.25) is 4.79 Å². The van der Waals surface area contributed by atoms with Crippen LogP contribution in [0.2, 0.25) is 0 Å². The van der Waals surface area contributed by atoms with Gasteiger partial charge in [-0.2, -0.15) is 11.8 Å². The molecular formula is C9H17NO2S. The van der Waals surface area contributed by atoms with Crippen LogP contribution in [0.3, 0.4) is 0 Å². The molecule has 0 aliphatic carbocycles. The van der Waals surface area contributed by atoms with Crippen molar-refractivity contribution >= 4 is 17.7 Å². The number of hydrogen-bond donors (Lipinski definition) is 1. The Hall–Kier alpha value is -0.220. The molecule has 1 saturated heterocycles. The van der Waals surface area contributed by atoms with E-state index < -0.39 is 0 Å². The molecule has 76 valence electrons. The van der Waals surface area contributed by atoms with E-state index in [0.29, 0.717) is 6.04 Å². The number of hydrogen-bond acceptors (Lipinski definition) is 4. The number of carbonyl (C=O) groups excluding carboxylic acids is 1. The molecule has 1 fully saturated rings. The second-order valence-corrected chi connectivity index (χ2v) is 4.34. The van der Waals surface area contributed by atoms with Crippen molar-refractivity contribution < 1.29 is 9.53 Å². The van der Waals surface area contributed by atoms with Crippen LogP contribution in [-0.2, 0) is 9.53 Å². The van der Waals surface area contributed by atoms with Gasteiger partial charge in [-0.05, 0) is 6.42 Å². The van der Waals surface area contributed by atoms with Crippen molar-refractivity contribution in [2.24, 2.45) is 0 Å². The summed E-state index contributed by atoms with van der Waals surface area (Å²) >= 11 is 1.83. The Balaban J connectivity index is 2.37. The highest BCUT2D eigenvalue weighted by Crippen LogP contribution is 2.16. The number of carbonyl (C=O) groups is 1. The Morgan fingerprint density at radius 3 is 3.00 bits per heavy atom. The quantitative estimate of drug-likeness (QED) is 0.695. The van der Waals surface area contributed by atoms with Gasteiger partial charge in [0.05, 0.1) is 7.11 Å². The number of ether oxygens (including phenoxy) is 1. The minimum Gasteiger partial charge on any atom is -0.468 e. The van der Waals surface area contributed by atoms with Crippen LogP contribution >= 0.6 is 11.8 Å². The summed E-state index contributed by atoms with van der Waals surface area (Å²) in [6, 6.07) is 0.383. The average molecular weight is 203 g/mol. The lowest BCUT2D eigenvalue weighted by molar-refractivity contribution is -0.142. The van der Waals surface area contributed by atoms with Crippen molar-refractivity contribution in [3.63, 3.8) is 0 Å². The lowest BCUT2D eigenvalue weighted by Crippen LogP contribution is -2.50. The Morgan fingerprint density at radius 1 is 1.62 bits per heavy atom. The first-order valence-electron chi connectivity index (χ1n) is 4.69. The van der Waals surface area contributed by atoms with E-state index in [4.69, 9.17) is 4.74 Å². The van der Waals surface area contributed by atoms with Crippen LogP contribution in [0.4, 0.5) is 0 Å². The summed E-state index contributed by atoms with van der Waals surface area (Å²) < 4.78 is 4.70. The average Bonchev–Trinajstić information content (AvgIpc) is 2.18. The van der Waals surface area contributed by atoms with Gasteiger partial charge in [0.25, 0.3) is 0 Å². The minimum atomic E-state index is -0.131. The molecule has 1 aliphatic heterocycles. The van der Waals surface area contributed by atoms with Crippen LogP contribution in [-0.4, -0.2) is 36.7 Å². The van der Waals surface area contributed by atoms with Gasteiger partial charge in [-0.1, -0.05) is 13.3 Å². The van der Waals surface area contributed by atoms with Crippen LogP contribution in [0.25, 0.3) is 0 Å². The van der Waals surface area contributed by atoms with Crippen LogP contribution in [0.1, 0.15) is 19.8 Å². The number of methoxy groups -OCH3 is 1. The first-order valence-corrected chi connectivity index (χ1v) is 5.85. The minimum absolute atomic E-state index is 0.0969. The molecule has 4 heteroatoms. The fourth-order valence-corrected chi connectivity index (χ4v) is 2.65. The molecule has 0 saturated carbocycles. The molecule has 13 heavy (non-hydrogen) atoms. The first kappa shape index (κ1) is 10.9. The van der Waals surface area contributed by atoms with E-state index in [0.717, 1.165) is 24.3 Å². The van der Waals surface area contributed by atoms with Gasteiger partial charge < -0.3 is 10.1 Å². The topological polar surface area (TPSA) is 38.3 Å². The summed E-state index contributed by atoms with van der Waals surface area (Å²) in [7, 11) is 1.44. The summed E-state index contributed by atoms with van der Waals surface area (Å²) in [6.45, 7) is 2.16. The second kappa shape index (κ2) is 5.50. The molecule has 0 amide bonds. The highest BCUT2D eigenvalue weighted by Gasteiger charge is 2.26.